The van der Waals surface area contributed by atoms with Crippen LogP contribution in [0.1, 0.15) is 18.9 Å². The maximum absolute atomic E-state index is 11.8. The number of carbonyl (C=O) groups excluding carboxylic acids is 1. The van der Waals surface area contributed by atoms with Crippen LogP contribution in [0.5, 0.6) is 0 Å². The van der Waals surface area contributed by atoms with Crippen LogP contribution in [-0.4, -0.2) is 23.9 Å². The van der Waals surface area contributed by atoms with Crippen LogP contribution in [0, 0.1) is 11.3 Å². The number of hydrogen-bond acceptors (Lipinski definition) is 3. The molecule has 1 rings (SSSR count). The van der Waals surface area contributed by atoms with E-state index in [1.165, 1.54) is 6.08 Å². The second kappa shape index (κ2) is 6.45. The lowest BCUT2D eigenvalue weighted by molar-refractivity contribution is -0.126. The fourth-order valence-corrected chi connectivity index (χ4v) is 1.38. The maximum Gasteiger partial charge on any atom is 0.246 e. The van der Waals surface area contributed by atoms with Gasteiger partial charge in [0, 0.05) is 24.9 Å². The molecule has 0 fully saturated rings. The molecule has 4 heteroatoms. The van der Waals surface area contributed by atoms with Crippen LogP contribution in [0.25, 0.3) is 6.08 Å². The number of nitrogens with two attached hydrogens (primary N) is 1. The summed E-state index contributed by atoms with van der Waals surface area (Å²) in [6.45, 7) is 1.85. The molecule has 0 aliphatic carbocycles. The highest BCUT2D eigenvalue weighted by molar-refractivity contribution is 5.91. The summed E-state index contributed by atoms with van der Waals surface area (Å²) >= 11 is 0. The second-order valence-electron chi connectivity index (χ2n) is 4.16. The first-order valence-corrected chi connectivity index (χ1v) is 5.72. The van der Waals surface area contributed by atoms with Crippen molar-refractivity contribution in [2.24, 2.45) is 0 Å². The van der Waals surface area contributed by atoms with Crippen LogP contribution in [0.2, 0.25) is 0 Å². The van der Waals surface area contributed by atoms with E-state index < -0.39 is 0 Å². The number of hydrogen-bond donors (Lipinski definition) is 1. The van der Waals surface area contributed by atoms with Gasteiger partial charge in [-0.15, -0.1) is 0 Å². The second-order valence-corrected chi connectivity index (χ2v) is 4.16. The van der Waals surface area contributed by atoms with E-state index in [1.807, 2.05) is 19.1 Å². The van der Waals surface area contributed by atoms with Gasteiger partial charge in [-0.1, -0.05) is 12.1 Å². The fraction of sp³-hybridized carbons (Fsp3) is 0.286. The molecule has 0 heterocycles. The van der Waals surface area contributed by atoms with Gasteiger partial charge in [-0.05, 0) is 30.7 Å². The third-order valence-corrected chi connectivity index (χ3v) is 2.75. The Morgan fingerprint density at radius 3 is 2.67 bits per heavy atom. The van der Waals surface area contributed by atoms with E-state index in [2.05, 4.69) is 6.07 Å². The Morgan fingerprint density at radius 1 is 1.50 bits per heavy atom. The number of amides is 1. The number of anilines is 1. The molecule has 4 nitrogen and oxygen atoms in total. The smallest absolute Gasteiger partial charge is 0.246 e. The van der Waals surface area contributed by atoms with Gasteiger partial charge in [-0.3, -0.25) is 4.79 Å². The minimum Gasteiger partial charge on any atom is -0.399 e. The first-order chi connectivity index (χ1) is 8.54. The molecule has 1 atom stereocenters. The Labute approximate surface area is 107 Å². The average Bonchev–Trinajstić information content (AvgIpc) is 2.37. The van der Waals surface area contributed by atoms with Crippen molar-refractivity contribution in [1.29, 1.82) is 5.26 Å². The molecule has 1 aromatic rings. The van der Waals surface area contributed by atoms with Crippen LogP contribution in [0.3, 0.4) is 0 Å². The number of nitrogens with zero attached hydrogens (tertiary/aromatic N) is 2. The SMILES string of the molecule is CC(CC#N)N(C)C(=O)/C=C/c1ccc(N)cc1. The molecule has 0 saturated carbocycles. The molecule has 18 heavy (non-hydrogen) atoms. The Morgan fingerprint density at radius 2 is 2.11 bits per heavy atom. The molecule has 0 radical (unpaired) electrons. The van der Waals surface area contributed by atoms with Gasteiger partial charge in [0.15, 0.2) is 0 Å². The number of benzene rings is 1. The first kappa shape index (κ1) is 13.8. The molecule has 1 aromatic carbocycles. The van der Waals surface area contributed by atoms with E-state index in [0.717, 1.165) is 5.56 Å². The third kappa shape index (κ3) is 3.95. The van der Waals surface area contributed by atoms with E-state index in [-0.39, 0.29) is 11.9 Å². The van der Waals surface area contributed by atoms with E-state index in [4.69, 9.17) is 11.0 Å². The highest BCUT2D eigenvalue weighted by Crippen LogP contribution is 2.08. The molecular formula is C14H17N3O. The molecule has 0 aromatic heterocycles. The van der Waals surface area contributed by atoms with Gasteiger partial charge >= 0.3 is 0 Å². The van der Waals surface area contributed by atoms with Crippen molar-refractivity contribution in [3.63, 3.8) is 0 Å². The van der Waals surface area contributed by atoms with Gasteiger partial charge in [0.1, 0.15) is 0 Å². The van der Waals surface area contributed by atoms with Gasteiger partial charge in [-0.25, -0.2) is 0 Å². The molecule has 2 N–H and O–H groups in total. The Hall–Kier alpha value is -2.28. The zero-order valence-corrected chi connectivity index (χ0v) is 10.6. The molecule has 0 saturated heterocycles. The lowest BCUT2D eigenvalue weighted by Crippen LogP contribution is -2.33. The van der Waals surface area contributed by atoms with Gasteiger partial charge < -0.3 is 10.6 Å². The van der Waals surface area contributed by atoms with Crippen molar-refractivity contribution in [2.75, 3.05) is 12.8 Å². The monoisotopic (exact) mass is 243 g/mol. The lowest BCUT2D eigenvalue weighted by Gasteiger charge is -2.21. The predicted octanol–water partition coefficient (Wildman–Crippen LogP) is 2.04. The summed E-state index contributed by atoms with van der Waals surface area (Å²) in [5.41, 5.74) is 7.18. The van der Waals surface area contributed by atoms with Gasteiger partial charge in [-0.2, -0.15) is 5.26 Å². The van der Waals surface area contributed by atoms with Crippen molar-refractivity contribution in [1.82, 2.24) is 4.90 Å². The summed E-state index contributed by atoms with van der Waals surface area (Å²) < 4.78 is 0. The minimum atomic E-state index is -0.116. The Bertz CT molecular complexity index is 471. The van der Waals surface area contributed by atoms with E-state index in [1.54, 1.807) is 30.2 Å². The Kier molecular flexibility index (Phi) is 4.94. The number of carbonyl (C=O) groups is 1. The van der Waals surface area contributed by atoms with Crippen molar-refractivity contribution >= 4 is 17.7 Å². The summed E-state index contributed by atoms with van der Waals surface area (Å²) in [5, 5.41) is 8.58. The summed E-state index contributed by atoms with van der Waals surface area (Å²) in [5.74, 6) is -0.116. The highest BCUT2D eigenvalue weighted by Gasteiger charge is 2.12. The van der Waals surface area contributed by atoms with Crippen molar-refractivity contribution in [2.45, 2.75) is 19.4 Å². The summed E-state index contributed by atoms with van der Waals surface area (Å²) in [6, 6.07) is 9.22. The maximum atomic E-state index is 11.8. The molecule has 1 unspecified atom stereocenters. The minimum absolute atomic E-state index is 0.0847. The molecule has 0 aliphatic heterocycles. The quantitative estimate of drug-likeness (QED) is 0.650. The number of nitrogen functional groups attached to an aromatic ring is 1. The van der Waals surface area contributed by atoms with Crippen molar-refractivity contribution in [3.05, 3.63) is 35.9 Å². The lowest BCUT2D eigenvalue weighted by atomic mass is 10.2. The van der Waals surface area contributed by atoms with E-state index >= 15 is 0 Å². The van der Waals surface area contributed by atoms with Gasteiger partial charge in [0.25, 0.3) is 0 Å². The standard InChI is InChI=1S/C14H17N3O/c1-11(9-10-15)17(2)14(18)8-5-12-3-6-13(16)7-4-12/h3-8,11H,9,16H2,1-2H3/b8-5+. The van der Waals surface area contributed by atoms with E-state index in [9.17, 15) is 4.79 Å². The van der Waals surface area contributed by atoms with Crippen LogP contribution >= 0.6 is 0 Å². The largest absolute Gasteiger partial charge is 0.399 e. The zero-order chi connectivity index (χ0) is 13.5. The molecule has 0 bridgehead atoms. The van der Waals surface area contributed by atoms with Crippen LogP contribution in [0.4, 0.5) is 5.69 Å². The molecule has 0 spiro atoms. The van der Waals surface area contributed by atoms with Gasteiger partial charge in [0.2, 0.25) is 5.91 Å². The topological polar surface area (TPSA) is 70.1 Å². The predicted molar refractivity (Wildman–Crippen MR) is 72.4 cm³/mol. The molecular weight excluding hydrogens is 226 g/mol. The summed E-state index contributed by atoms with van der Waals surface area (Å²) in [6.07, 6.45) is 3.56. The summed E-state index contributed by atoms with van der Waals surface area (Å²) in [4.78, 5) is 13.4. The third-order valence-electron chi connectivity index (χ3n) is 2.75. The van der Waals surface area contributed by atoms with Crippen LogP contribution < -0.4 is 5.73 Å². The first-order valence-electron chi connectivity index (χ1n) is 5.72. The van der Waals surface area contributed by atoms with Gasteiger partial charge in [0.05, 0.1) is 12.5 Å². The summed E-state index contributed by atoms with van der Waals surface area (Å²) in [7, 11) is 1.69. The molecule has 0 aliphatic rings. The highest BCUT2D eigenvalue weighted by atomic mass is 16.2. The van der Waals surface area contributed by atoms with E-state index in [0.29, 0.717) is 12.1 Å². The molecule has 94 valence electrons. The Balaban J connectivity index is 2.64. The van der Waals surface area contributed by atoms with Crippen LogP contribution in [-0.2, 0) is 4.79 Å². The number of rotatable bonds is 4. The van der Waals surface area contributed by atoms with Crippen molar-refractivity contribution < 1.29 is 4.79 Å². The molecule has 1 amide bonds. The number of nitriles is 1. The zero-order valence-electron chi connectivity index (χ0n) is 10.6. The normalized spacial score (nSPS) is 12.1. The fourth-order valence-electron chi connectivity index (χ4n) is 1.38. The van der Waals surface area contributed by atoms with Crippen molar-refractivity contribution in [3.8, 4) is 6.07 Å². The van der Waals surface area contributed by atoms with Crippen LogP contribution in [0.15, 0.2) is 30.3 Å². The number of likely N-dealkylation sites (N-methyl/N-ethyl adjacent to an activating group) is 1. The average molecular weight is 243 g/mol.